The highest BCUT2D eigenvalue weighted by molar-refractivity contribution is 5.76. The summed E-state index contributed by atoms with van der Waals surface area (Å²) in [6.07, 6.45) is 1.00. The molecule has 0 radical (unpaired) electrons. The summed E-state index contributed by atoms with van der Waals surface area (Å²) < 4.78 is 6.00. The van der Waals surface area contributed by atoms with Crippen molar-refractivity contribution in [2.75, 3.05) is 6.61 Å². The monoisotopic (exact) mass is 288 g/mol. The van der Waals surface area contributed by atoms with Crippen molar-refractivity contribution < 1.29 is 4.74 Å². The van der Waals surface area contributed by atoms with Crippen LogP contribution in [0.15, 0.2) is 78.9 Å². The Labute approximate surface area is 132 Å². The Kier molecular flexibility index (Phi) is 4.55. The predicted octanol–water partition coefficient (Wildman–Crippen LogP) is 5.81. The van der Waals surface area contributed by atoms with Gasteiger partial charge in [-0.05, 0) is 29.2 Å². The molecule has 22 heavy (non-hydrogen) atoms. The third-order valence-electron chi connectivity index (χ3n) is 3.64. The van der Waals surface area contributed by atoms with Crippen molar-refractivity contribution in [3.05, 3.63) is 78.9 Å². The lowest BCUT2D eigenvalue weighted by molar-refractivity contribution is 0.319. The summed E-state index contributed by atoms with van der Waals surface area (Å²) in [5.74, 6) is 0.953. The summed E-state index contributed by atoms with van der Waals surface area (Å²) in [4.78, 5) is 0. The number of hydrogen-bond donors (Lipinski definition) is 0. The van der Waals surface area contributed by atoms with Gasteiger partial charge in [-0.1, -0.05) is 79.7 Å². The summed E-state index contributed by atoms with van der Waals surface area (Å²) in [6.45, 7) is 2.86. The highest BCUT2D eigenvalue weighted by Crippen LogP contribution is 2.34. The second-order valence-electron chi connectivity index (χ2n) is 5.29. The molecule has 0 aromatic heterocycles. The lowest BCUT2D eigenvalue weighted by Gasteiger charge is -2.13. The standard InChI is InChI=1S/C21H20O/c1-2-15-22-21-16-19(17-9-5-3-6-10-17)13-14-20(21)18-11-7-4-8-12-18/h3-14,16H,2,15H2,1H3. The van der Waals surface area contributed by atoms with Gasteiger partial charge in [0.15, 0.2) is 0 Å². The summed E-state index contributed by atoms with van der Waals surface area (Å²) in [5, 5.41) is 0. The molecule has 0 N–H and O–H groups in total. The average Bonchev–Trinajstić information content (AvgIpc) is 2.61. The van der Waals surface area contributed by atoms with Gasteiger partial charge in [0.05, 0.1) is 6.61 Å². The van der Waals surface area contributed by atoms with Gasteiger partial charge >= 0.3 is 0 Å². The zero-order valence-electron chi connectivity index (χ0n) is 12.8. The summed E-state index contributed by atoms with van der Waals surface area (Å²) in [5.41, 5.74) is 4.73. The average molecular weight is 288 g/mol. The lowest BCUT2D eigenvalue weighted by atomic mass is 9.99. The Morgan fingerprint density at radius 3 is 1.95 bits per heavy atom. The lowest BCUT2D eigenvalue weighted by Crippen LogP contribution is -1.97. The molecule has 0 spiro atoms. The van der Waals surface area contributed by atoms with E-state index in [9.17, 15) is 0 Å². The van der Waals surface area contributed by atoms with Crippen molar-refractivity contribution in [2.24, 2.45) is 0 Å². The Morgan fingerprint density at radius 1 is 0.682 bits per heavy atom. The van der Waals surface area contributed by atoms with E-state index in [1.54, 1.807) is 0 Å². The largest absolute Gasteiger partial charge is 0.493 e. The second-order valence-corrected chi connectivity index (χ2v) is 5.29. The molecule has 1 nitrogen and oxygen atoms in total. The first kappa shape index (κ1) is 14.4. The predicted molar refractivity (Wildman–Crippen MR) is 93.1 cm³/mol. The molecule has 3 aromatic carbocycles. The molecule has 0 aliphatic heterocycles. The molecule has 0 atom stereocenters. The Morgan fingerprint density at radius 2 is 1.32 bits per heavy atom. The fraction of sp³-hybridized carbons (Fsp3) is 0.143. The van der Waals surface area contributed by atoms with E-state index in [4.69, 9.17) is 4.74 Å². The van der Waals surface area contributed by atoms with Crippen molar-refractivity contribution >= 4 is 0 Å². The van der Waals surface area contributed by atoms with Crippen molar-refractivity contribution in [1.82, 2.24) is 0 Å². The molecule has 110 valence electrons. The minimum Gasteiger partial charge on any atom is -0.493 e. The van der Waals surface area contributed by atoms with E-state index >= 15 is 0 Å². The van der Waals surface area contributed by atoms with Gasteiger partial charge in [0.25, 0.3) is 0 Å². The highest BCUT2D eigenvalue weighted by Gasteiger charge is 2.08. The molecular formula is C21H20O. The molecule has 0 aliphatic rings. The van der Waals surface area contributed by atoms with E-state index < -0.39 is 0 Å². The SMILES string of the molecule is CCCOc1cc(-c2ccccc2)ccc1-c1ccccc1. The molecule has 3 aromatic rings. The summed E-state index contributed by atoms with van der Waals surface area (Å²) in [7, 11) is 0. The molecule has 0 amide bonds. The second kappa shape index (κ2) is 6.95. The van der Waals surface area contributed by atoms with Gasteiger partial charge in [0.2, 0.25) is 0 Å². The number of hydrogen-bond acceptors (Lipinski definition) is 1. The Bertz CT molecular complexity index is 717. The van der Waals surface area contributed by atoms with E-state index in [-0.39, 0.29) is 0 Å². The van der Waals surface area contributed by atoms with Crippen LogP contribution in [0.4, 0.5) is 0 Å². The van der Waals surface area contributed by atoms with E-state index in [1.807, 2.05) is 12.1 Å². The maximum Gasteiger partial charge on any atom is 0.127 e. The van der Waals surface area contributed by atoms with Crippen LogP contribution in [0, 0.1) is 0 Å². The van der Waals surface area contributed by atoms with E-state index in [0.717, 1.165) is 24.3 Å². The molecule has 1 heteroatoms. The van der Waals surface area contributed by atoms with Crippen molar-refractivity contribution in [3.8, 4) is 28.0 Å². The van der Waals surface area contributed by atoms with Crippen LogP contribution in [0.2, 0.25) is 0 Å². The molecule has 0 saturated carbocycles. The van der Waals surface area contributed by atoms with Crippen molar-refractivity contribution in [2.45, 2.75) is 13.3 Å². The van der Waals surface area contributed by atoms with Gasteiger partial charge < -0.3 is 4.74 Å². The normalized spacial score (nSPS) is 10.4. The number of benzene rings is 3. The third kappa shape index (κ3) is 3.20. The van der Waals surface area contributed by atoms with Crippen LogP contribution in [0.5, 0.6) is 5.75 Å². The van der Waals surface area contributed by atoms with Gasteiger partial charge in [-0.2, -0.15) is 0 Å². The molecule has 0 heterocycles. The quantitative estimate of drug-likeness (QED) is 0.575. The third-order valence-corrected chi connectivity index (χ3v) is 3.64. The van der Waals surface area contributed by atoms with Gasteiger partial charge in [-0.3, -0.25) is 0 Å². The zero-order valence-corrected chi connectivity index (χ0v) is 12.8. The fourth-order valence-electron chi connectivity index (χ4n) is 2.52. The molecule has 3 rings (SSSR count). The van der Waals surface area contributed by atoms with Crippen LogP contribution >= 0.6 is 0 Å². The Balaban J connectivity index is 2.04. The van der Waals surface area contributed by atoms with Crippen LogP contribution in [0.1, 0.15) is 13.3 Å². The van der Waals surface area contributed by atoms with Gasteiger partial charge in [-0.25, -0.2) is 0 Å². The summed E-state index contributed by atoms with van der Waals surface area (Å²) >= 11 is 0. The van der Waals surface area contributed by atoms with Crippen LogP contribution in [-0.2, 0) is 0 Å². The molecule has 0 saturated heterocycles. The molecule has 0 unspecified atom stereocenters. The van der Waals surface area contributed by atoms with Gasteiger partial charge in [0, 0.05) is 5.56 Å². The van der Waals surface area contributed by atoms with E-state index in [1.165, 1.54) is 16.7 Å². The van der Waals surface area contributed by atoms with Gasteiger partial charge in [0.1, 0.15) is 5.75 Å². The first-order valence-electron chi connectivity index (χ1n) is 7.76. The van der Waals surface area contributed by atoms with Crippen molar-refractivity contribution in [1.29, 1.82) is 0 Å². The molecule has 0 fully saturated rings. The first-order valence-corrected chi connectivity index (χ1v) is 7.76. The summed E-state index contributed by atoms with van der Waals surface area (Å²) in [6, 6.07) is 27.3. The molecular weight excluding hydrogens is 268 g/mol. The topological polar surface area (TPSA) is 9.23 Å². The van der Waals surface area contributed by atoms with Crippen molar-refractivity contribution in [3.63, 3.8) is 0 Å². The van der Waals surface area contributed by atoms with E-state index in [0.29, 0.717) is 0 Å². The molecule has 0 aliphatic carbocycles. The zero-order chi connectivity index (χ0) is 15.2. The van der Waals surface area contributed by atoms with Crippen LogP contribution in [-0.4, -0.2) is 6.61 Å². The molecule has 0 bridgehead atoms. The minimum atomic E-state index is 0.734. The van der Waals surface area contributed by atoms with E-state index in [2.05, 4.69) is 73.7 Å². The van der Waals surface area contributed by atoms with Crippen LogP contribution in [0.25, 0.3) is 22.3 Å². The smallest absolute Gasteiger partial charge is 0.127 e. The minimum absolute atomic E-state index is 0.734. The Hall–Kier alpha value is -2.54. The maximum absolute atomic E-state index is 6.00. The van der Waals surface area contributed by atoms with Crippen LogP contribution in [0.3, 0.4) is 0 Å². The maximum atomic E-state index is 6.00. The van der Waals surface area contributed by atoms with Gasteiger partial charge in [-0.15, -0.1) is 0 Å². The number of ether oxygens (including phenoxy) is 1. The first-order chi connectivity index (χ1) is 10.9. The van der Waals surface area contributed by atoms with Crippen LogP contribution < -0.4 is 4.74 Å². The fourth-order valence-corrected chi connectivity index (χ4v) is 2.52. The number of rotatable bonds is 5. The highest BCUT2D eigenvalue weighted by atomic mass is 16.5.